The predicted molar refractivity (Wildman–Crippen MR) is 114 cm³/mol. The van der Waals surface area contributed by atoms with E-state index in [-0.39, 0.29) is 23.9 Å². The molecule has 0 spiro atoms. The third kappa shape index (κ3) is 6.58. The van der Waals surface area contributed by atoms with Crippen LogP contribution >= 0.6 is 23.2 Å². The summed E-state index contributed by atoms with van der Waals surface area (Å²) in [5, 5.41) is 3.39. The monoisotopic (exact) mass is 444 g/mol. The molecule has 0 aromatic heterocycles. The van der Waals surface area contributed by atoms with Gasteiger partial charge in [-0.1, -0.05) is 23.2 Å². The van der Waals surface area contributed by atoms with Crippen molar-refractivity contribution < 1.29 is 17.9 Å². The Balaban J connectivity index is 1.94. The molecule has 0 radical (unpaired) electrons. The number of hydrogen-bond acceptors (Lipinski definition) is 4. The minimum absolute atomic E-state index is 0.146. The van der Waals surface area contributed by atoms with Crippen LogP contribution in [-0.2, 0) is 14.8 Å². The number of carbonyl (C=O) groups is 1. The van der Waals surface area contributed by atoms with Crippen molar-refractivity contribution in [3.8, 4) is 5.75 Å². The fourth-order valence-corrected chi connectivity index (χ4v) is 3.78. The SMILES string of the molecule is CCOc1ccc(NC(=O)CCCN(c2ccc(Cl)c(Cl)c2)S(C)(=O)=O)cc1. The van der Waals surface area contributed by atoms with Gasteiger partial charge in [-0.15, -0.1) is 0 Å². The van der Waals surface area contributed by atoms with Crippen LogP contribution in [-0.4, -0.2) is 33.7 Å². The summed E-state index contributed by atoms with van der Waals surface area (Å²) in [5.41, 5.74) is 1.06. The second kappa shape index (κ2) is 10.0. The molecule has 0 bridgehead atoms. The first-order valence-corrected chi connectivity index (χ1v) is 11.3. The average molecular weight is 445 g/mol. The van der Waals surface area contributed by atoms with E-state index in [1.54, 1.807) is 30.3 Å². The molecule has 0 aliphatic heterocycles. The Labute approximate surface area is 175 Å². The van der Waals surface area contributed by atoms with Crippen molar-refractivity contribution >= 4 is 50.5 Å². The van der Waals surface area contributed by atoms with E-state index in [1.807, 2.05) is 6.92 Å². The van der Waals surface area contributed by atoms with Crippen LogP contribution in [0, 0.1) is 0 Å². The van der Waals surface area contributed by atoms with Gasteiger partial charge in [0.05, 0.1) is 28.6 Å². The molecule has 2 aromatic rings. The Kier molecular flexibility index (Phi) is 7.98. The molecular weight excluding hydrogens is 423 g/mol. The Morgan fingerprint density at radius 3 is 2.36 bits per heavy atom. The number of halogens is 2. The lowest BCUT2D eigenvalue weighted by molar-refractivity contribution is -0.116. The van der Waals surface area contributed by atoms with Gasteiger partial charge in [-0.25, -0.2) is 8.42 Å². The topological polar surface area (TPSA) is 75.7 Å². The molecule has 1 amide bonds. The van der Waals surface area contributed by atoms with Crippen molar-refractivity contribution in [1.29, 1.82) is 0 Å². The third-order valence-corrected chi connectivity index (χ3v) is 5.74. The molecular formula is C19H22Cl2N2O4S. The van der Waals surface area contributed by atoms with Gasteiger partial charge in [0.25, 0.3) is 0 Å². The lowest BCUT2D eigenvalue weighted by atomic mass is 10.2. The zero-order valence-corrected chi connectivity index (χ0v) is 17.9. The fraction of sp³-hybridized carbons (Fsp3) is 0.316. The van der Waals surface area contributed by atoms with E-state index < -0.39 is 10.0 Å². The molecule has 6 nitrogen and oxygen atoms in total. The zero-order valence-electron chi connectivity index (χ0n) is 15.6. The van der Waals surface area contributed by atoms with Crippen molar-refractivity contribution in [3.05, 3.63) is 52.5 Å². The van der Waals surface area contributed by atoms with Gasteiger partial charge < -0.3 is 10.1 Å². The minimum Gasteiger partial charge on any atom is -0.494 e. The molecule has 2 aromatic carbocycles. The van der Waals surface area contributed by atoms with Gasteiger partial charge in [-0.3, -0.25) is 9.10 Å². The lowest BCUT2D eigenvalue weighted by Gasteiger charge is -2.22. The van der Waals surface area contributed by atoms with Crippen LogP contribution in [0.2, 0.25) is 10.0 Å². The number of amides is 1. The summed E-state index contributed by atoms with van der Waals surface area (Å²) in [5.74, 6) is 0.526. The number of hydrogen-bond donors (Lipinski definition) is 1. The predicted octanol–water partition coefficient (Wildman–Crippen LogP) is 4.58. The Bertz CT molecular complexity index is 918. The van der Waals surface area contributed by atoms with Crippen molar-refractivity contribution in [3.63, 3.8) is 0 Å². The Morgan fingerprint density at radius 1 is 1.11 bits per heavy atom. The van der Waals surface area contributed by atoms with E-state index in [1.165, 1.54) is 16.4 Å². The Hall–Kier alpha value is -1.96. The van der Waals surface area contributed by atoms with Gasteiger partial charge in [-0.2, -0.15) is 0 Å². The normalized spacial score (nSPS) is 11.1. The molecule has 0 saturated carbocycles. The maximum absolute atomic E-state index is 12.1. The Morgan fingerprint density at radius 2 is 1.79 bits per heavy atom. The number of carbonyl (C=O) groups excluding carboxylic acids is 1. The maximum Gasteiger partial charge on any atom is 0.232 e. The molecule has 0 heterocycles. The first-order chi connectivity index (χ1) is 13.2. The first-order valence-electron chi connectivity index (χ1n) is 8.66. The van der Waals surface area contributed by atoms with Crippen LogP contribution in [0.5, 0.6) is 5.75 Å². The van der Waals surface area contributed by atoms with Crippen molar-refractivity contribution in [2.24, 2.45) is 0 Å². The molecule has 0 atom stereocenters. The average Bonchev–Trinajstić information content (AvgIpc) is 2.62. The molecule has 0 unspecified atom stereocenters. The number of nitrogens with one attached hydrogen (secondary N) is 1. The van der Waals surface area contributed by atoms with E-state index in [9.17, 15) is 13.2 Å². The van der Waals surface area contributed by atoms with Crippen molar-refractivity contribution in [1.82, 2.24) is 0 Å². The van der Waals surface area contributed by atoms with Gasteiger partial charge in [0.2, 0.25) is 15.9 Å². The number of ether oxygens (including phenoxy) is 1. The van der Waals surface area contributed by atoms with Gasteiger partial charge in [0.1, 0.15) is 5.75 Å². The van der Waals surface area contributed by atoms with Crippen LogP contribution in [0.4, 0.5) is 11.4 Å². The molecule has 0 fully saturated rings. The summed E-state index contributed by atoms with van der Waals surface area (Å²) < 4.78 is 30.8. The summed E-state index contributed by atoms with van der Waals surface area (Å²) in [6, 6.07) is 11.7. The van der Waals surface area contributed by atoms with Crippen LogP contribution in [0.1, 0.15) is 19.8 Å². The number of anilines is 2. The highest BCUT2D eigenvalue weighted by Crippen LogP contribution is 2.28. The maximum atomic E-state index is 12.1. The number of benzene rings is 2. The summed E-state index contributed by atoms with van der Waals surface area (Å²) in [6.45, 7) is 2.61. The summed E-state index contributed by atoms with van der Waals surface area (Å²) in [7, 11) is -3.53. The summed E-state index contributed by atoms with van der Waals surface area (Å²) >= 11 is 11.9. The lowest BCUT2D eigenvalue weighted by Crippen LogP contribution is -2.31. The van der Waals surface area contributed by atoms with Crippen LogP contribution in [0.25, 0.3) is 0 Å². The highest BCUT2D eigenvalue weighted by molar-refractivity contribution is 7.92. The number of rotatable bonds is 9. The largest absolute Gasteiger partial charge is 0.494 e. The standard InChI is InChI=1S/C19H22Cl2N2O4S/c1-3-27-16-9-6-14(7-10-16)22-19(24)5-4-12-23(28(2,25)26)15-8-11-17(20)18(21)13-15/h6-11,13H,3-5,12H2,1-2H3,(H,22,24). The molecule has 9 heteroatoms. The van der Waals surface area contributed by atoms with Gasteiger partial charge >= 0.3 is 0 Å². The quantitative estimate of drug-likeness (QED) is 0.613. The summed E-state index contributed by atoms with van der Waals surface area (Å²) in [4.78, 5) is 12.1. The highest BCUT2D eigenvalue weighted by Gasteiger charge is 2.18. The van der Waals surface area contributed by atoms with Crippen LogP contribution < -0.4 is 14.4 Å². The van der Waals surface area contributed by atoms with Crippen molar-refractivity contribution in [2.45, 2.75) is 19.8 Å². The van der Waals surface area contributed by atoms with Gasteiger partial charge in [0, 0.05) is 18.7 Å². The molecule has 0 aliphatic carbocycles. The highest BCUT2D eigenvalue weighted by atomic mass is 35.5. The number of sulfonamides is 1. The molecule has 1 N–H and O–H groups in total. The molecule has 152 valence electrons. The van der Waals surface area contributed by atoms with Crippen LogP contribution in [0.3, 0.4) is 0 Å². The molecule has 0 aliphatic rings. The van der Waals surface area contributed by atoms with Gasteiger partial charge in [0.15, 0.2) is 0 Å². The van der Waals surface area contributed by atoms with E-state index in [0.717, 1.165) is 12.0 Å². The van der Waals surface area contributed by atoms with E-state index in [0.29, 0.717) is 29.4 Å². The number of nitrogens with zero attached hydrogens (tertiary/aromatic N) is 1. The van der Waals surface area contributed by atoms with Crippen LogP contribution in [0.15, 0.2) is 42.5 Å². The van der Waals surface area contributed by atoms with E-state index >= 15 is 0 Å². The molecule has 28 heavy (non-hydrogen) atoms. The van der Waals surface area contributed by atoms with Gasteiger partial charge in [-0.05, 0) is 55.8 Å². The van der Waals surface area contributed by atoms with E-state index in [4.69, 9.17) is 27.9 Å². The molecule has 2 rings (SSSR count). The zero-order chi connectivity index (χ0) is 20.7. The second-order valence-corrected chi connectivity index (χ2v) is 8.76. The van der Waals surface area contributed by atoms with Crippen molar-refractivity contribution in [2.75, 3.05) is 29.0 Å². The first kappa shape index (κ1) is 22.3. The fourth-order valence-electron chi connectivity index (χ4n) is 2.53. The van der Waals surface area contributed by atoms with E-state index in [2.05, 4.69) is 5.32 Å². The molecule has 0 saturated heterocycles. The third-order valence-electron chi connectivity index (χ3n) is 3.81. The summed E-state index contributed by atoms with van der Waals surface area (Å²) in [6.07, 6.45) is 1.62. The minimum atomic E-state index is -3.53. The second-order valence-electron chi connectivity index (χ2n) is 6.04. The smallest absolute Gasteiger partial charge is 0.232 e.